The van der Waals surface area contributed by atoms with Gasteiger partial charge < -0.3 is 0 Å². The minimum Gasteiger partial charge on any atom is -0.202 e. The molecular weight excluding hydrogens is 206 g/mol. The fraction of sp³-hybridized carbons (Fsp3) is 0.714. The van der Waals surface area contributed by atoms with Crippen LogP contribution in [0.2, 0.25) is 0 Å². The van der Waals surface area contributed by atoms with Crippen LogP contribution < -0.4 is 0 Å². The van der Waals surface area contributed by atoms with Crippen molar-refractivity contribution < 1.29 is 8.78 Å². The van der Waals surface area contributed by atoms with Crippen molar-refractivity contribution in [3.63, 3.8) is 0 Å². The van der Waals surface area contributed by atoms with E-state index in [0.29, 0.717) is 18.3 Å². The Labute approximate surface area is 96.4 Å². The number of alkyl halides is 2. The summed E-state index contributed by atoms with van der Waals surface area (Å²) < 4.78 is 26.8. The first-order valence-electron chi connectivity index (χ1n) is 6.12. The molecule has 0 saturated carbocycles. The van der Waals surface area contributed by atoms with Crippen molar-refractivity contribution >= 4 is 0 Å². The molecule has 0 bridgehead atoms. The number of halogens is 2. The molecule has 0 amide bonds. The van der Waals surface area contributed by atoms with E-state index in [1.165, 1.54) is 0 Å². The van der Waals surface area contributed by atoms with Gasteiger partial charge in [0.2, 0.25) is 0 Å². The van der Waals surface area contributed by atoms with Gasteiger partial charge in [-0.25, -0.2) is 8.78 Å². The standard InChI is InChI=1S/C14H20F2/c1-10-4-5-12-6-7-14(15,16)9-8-13(12,3)11(10)2/h4-5,8-12H,6-7H2,1-3H3/t10?,11?,12?,13-/m1/s1. The third kappa shape index (κ3) is 1.83. The number of rotatable bonds is 0. The van der Waals surface area contributed by atoms with Gasteiger partial charge in [-0.05, 0) is 35.7 Å². The van der Waals surface area contributed by atoms with Crippen molar-refractivity contribution in [2.75, 3.05) is 0 Å². The third-order valence-corrected chi connectivity index (χ3v) is 4.69. The van der Waals surface area contributed by atoms with Gasteiger partial charge in [-0.1, -0.05) is 39.0 Å². The molecule has 0 saturated heterocycles. The molecule has 0 aromatic carbocycles. The van der Waals surface area contributed by atoms with E-state index in [9.17, 15) is 8.78 Å². The van der Waals surface area contributed by atoms with Gasteiger partial charge in [0.1, 0.15) is 0 Å². The van der Waals surface area contributed by atoms with Crippen molar-refractivity contribution in [3.8, 4) is 0 Å². The SMILES string of the molecule is CC1C=CC2CCC(F)(F)C=C[C@]2(C)C1C. The third-order valence-electron chi connectivity index (χ3n) is 4.69. The summed E-state index contributed by atoms with van der Waals surface area (Å²) >= 11 is 0. The molecule has 0 spiro atoms. The molecule has 0 radical (unpaired) electrons. The number of hydrogen-bond acceptors (Lipinski definition) is 0. The number of hydrogen-bond donors (Lipinski definition) is 0. The highest BCUT2D eigenvalue weighted by atomic mass is 19.3. The van der Waals surface area contributed by atoms with Crippen LogP contribution in [0.3, 0.4) is 0 Å². The van der Waals surface area contributed by atoms with E-state index >= 15 is 0 Å². The Kier molecular flexibility index (Phi) is 2.72. The van der Waals surface area contributed by atoms with Gasteiger partial charge in [-0.2, -0.15) is 0 Å². The van der Waals surface area contributed by atoms with Gasteiger partial charge in [0.05, 0.1) is 0 Å². The highest BCUT2D eigenvalue weighted by molar-refractivity contribution is 5.19. The van der Waals surface area contributed by atoms with Crippen LogP contribution in [0.15, 0.2) is 24.3 Å². The first-order valence-corrected chi connectivity index (χ1v) is 6.12. The minimum absolute atomic E-state index is 0.0187. The van der Waals surface area contributed by atoms with E-state index in [1.54, 1.807) is 6.08 Å². The van der Waals surface area contributed by atoms with Crippen LogP contribution in [0.1, 0.15) is 33.6 Å². The highest BCUT2D eigenvalue weighted by Crippen LogP contribution is 2.50. The summed E-state index contributed by atoms with van der Waals surface area (Å²) in [5.41, 5.74) is -0.103. The second-order valence-corrected chi connectivity index (χ2v) is 5.64. The summed E-state index contributed by atoms with van der Waals surface area (Å²) in [6, 6.07) is 0. The van der Waals surface area contributed by atoms with Crippen LogP contribution in [0.5, 0.6) is 0 Å². The Morgan fingerprint density at radius 1 is 1.12 bits per heavy atom. The van der Waals surface area contributed by atoms with E-state index in [1.807, 2.05) is 0 Å². The van der Waals surface area contributed by atoms with Crippen molar-refractivity contribution in [3.05, 3.63) is 24.3 Å². The van der Waals surface area contributed by atoms with E-state index in [-0.39, 0.29) is 17.8 Å². The van der Waals surface area contributed by atoms with Crippen LogP contribution >= 0.6 is 0 Å². The predicted molar refractivity (Wildman–Crippen MR) is 62.4 cm³/mol. The van der Waals surface area contributed by atoms with E-state index in [4.69, 9.17) is 0 Å². The average Bonchev–Trinajstić information content (AvgIpc) is 2.33. The van der Waals surface area contributed by atoms with E-state index in [0.717, 1.165) is 6.08 Å². The first-order chi connectivity index (χ1) is 7.35. The summed E-state index contributed by atoms with van der Waals surface area (Å²) in [5.74, 6) is -1.45. The lowest BCUT2D eigenvalue weighted by atomic mass is 9.61. The lowest BCUT2D eigenvalue weighted by molar-refractivity contribution is 0.0397. The maximum atomic E-state index is 13.4. The largest absolute Gasteiger partial charge is 0.266 e. The molecule has 0 N–H and O–H groups in total. The maximum absolute atomic E-state index is 13.4. The zero-order valence-electron chi connectivity index (χ0n) is 10.2. The molecule has 3 unspecified atom stereocenters. The molecule has 0 aliphatic heterocycles. The van der Waals surface area contributed by atoms with Gasteiger partial charge >= 0.3 is 0 Å². The minimum atomic E-state index is -2.61. The molecule has 2 aliphatic carbocycles. The normalized spacial score (nSPS) is 46.2. The second-order valence-electron chi connectivity index (χ2n) is 5.64. The Bertz CT molecular complexity index is 330. The Balaban J connectivity index is 2.37. The van der Waals surface area contributed by atoms with Crippen molar-refractivity contribution in [1.82, 2.24) is 0 Å². The zero-order chi connectivity index (χ0) is 12.0. The lowest BCUT2D eigenvalue weighted by Crippen LogP contribution is -2.36. The summed E-state index contributed by atoms with van der Waals surface area (Å²) in [6.45, 7) is 6.47. The summed E-state index contributed by atoms with van der Waals surface area (Å²) in [7, 11) is 0. The summed E-state index contributed by atoms with van der Waals surface area (Å²) in [6.07, 6.45) is 7.81. The molecule has 0 heterocycles. The lowest BCUT2D eigenvalue weighted by Gasteiger charge is -2.44. The van der Waals surface area contributed by atoms with Crippen molar-refractivity contribution in [2.24, 2.45) is 23.2 Å². The number of fused-ring (bicyclic) bond motifs is 1. The molecule has 0 aromatic rings. The van der Waals surface area contributed by atoms with Crippen molar-refractivity contribution in [1.29, 1.82) is 0 Å². The molecule has 16 heavy (non-hydrogen) atoms. The number of allylic oxidation sites excluding steroid dienone is 4. The fourth-order valence-corrected chi connectivity index (χ4v) is 3.00. The van der Waals surface area contributed by atoms with Crippen LogP contribution in [-0.4, -0.2) is 5.92 Å². The molecule has 0 aromatic heterocycles. The topological polar surface area (TPSA) is 0 Å². The average molecular weight is 226 g/mol. The Morgan fingerprint density at radius 2 is 1.81 bits per heavy atom. The first kappa shape index (κ1) is 11.8. The quantitative estimate of drug-likeness (QED) is 0.536. The van der Waals surface area contributed by atoms with Crippen LogP contribution in [-0.2, 0) is 0 Å². The van der Waals surface area contributed by atoms with E-state index < -0.39 is 5.92 Å². The van der Waals surface area contributed by atoms with Crippen LogP contribution in [0.4, 0.5) is 8.78 Å². The Morgan fingerprint density at radius 3 is 2.50 bits per heavy atom. The zero-order valence-corrected chi connectivity index (χ0v) is 10.2. The fourth-order valence-electron chi connectivity index (χ4n) is 3.00. The molecule has 4 atom stereocenters. The summed E-state index contributed by atoms with van der Waals surface area (Å²) in [5, 5.41) is 0. The summed E-state index contributed by atoms with van der Waals surface area (Å²) in [4.78, 5) is 0. The van der Waals surface area contributed by atoms with Gasteiger partial charge in [0, 0.05) is 6.42 Å². The van der Waals surface area contributed by atoms with Gasteiger partial charge in [-0.15, -0.1) is 0 Å². The molecule has 0 nitrogen and oxygen atoms in total. The molecule has 2 rings (SSSR count). The monoisotopic (exact) mass is 226 g/mol. The van der Waals surface area contributed by atoms with Gasteiger partial charge in [0.15, 0.2) is 0 Å². The molecule has 90 valence electrons. The van der Waals surface area contributed by atoms with Crippen LogP contribution in [0.25, 0.3) is 0 Å². The highest BCUT2D eigenvalue weighted by Gasteiger charge is 2.44. The second kappa shape index (κ2) is 3.68. The molecular formula is C14H20F2. The Hall–Kier alpha value is -0.660. The maximum Gasteiger partial charge on any atom is 0.266 e. The smallest absolute Gasteiger partial charge is 0.202 e. The van der Waals surface area contributed by atoms with Crippen molar-refractivity contribution in [2.45, 2.75) is 39.5 Å². The van der Waals surface area contributed by atoms with E-state index in [2.05, 4.69) is 32.9 Å². The molecule has 0 fully saturated rings. The predicted octanol–water partition coefficient (Wildman–Crippen LogP) is 4.44. The molecule has 2 heteroatoms. The van der Waals surface area contributed by atoms with Crippen LogP contribution in [0, 0.1) is 23.2 Å². The van der Waals surface area contributed by atoms with Gasteiger partial charge in [0.25, 0.3) is 5.92 Å². The molecule has 2 aliphatic rings. The van der Waals surface area contributed by atoms with Gasteiger partial charge in [-0.3, -0.25) is 0 Å².